The average Bonchev–Trinajstić information content (AvgIpc) is 3.05. The van der Waals surface area contributed by atoms with Gasteiger partial charge < -0.3 is 10.4 Å². The van der Waals surface area contributed by atoms with Crippen molar-refractivity contribution in [3.05, 3.63) is 24.3 Å². The topological polar surface area (TPSA) is 104 Å². The minimum absolute atomic E-state index is 0.286. The molecule has 0 rings (SSSR count). The van der Waals surface area contributed by atoms with Crippen molar-refractivity contribution in [1.29, 1.82) is 0 Å². The molecule has 0 aromatic heterocycles. The summed E-state index contributed by atoms with van der Waals surface area (Å²) in [5.74, 6) is -0.992. The lowest BCUT2D eigenvalue weighted by Crippen LogP contribution is -2.46. The quantitative estimate of drug-likeness (QED) is 0.0340. The van der Waals surface area contributed by atoms with Crippen LogP contribution in [0.25, 0.3) is 0 Å². The number of nitrogens with one attached hydrogen (secondary N) is 1. The Balaban J connectivity index is 3.85. The van der Waals surface area contributed by atoms with Gasteiger partial charge in [0.1, 0.15) is 0 Å². The normalized spacial score (nSPS) is 13.5. The van der Waals surface area contributed by atoms with Gasteiger partial charge in [-0.05, 0) is 32.1 Å². The van der Waals surface area contributed by atoms with Crippen LogP contribution in [0.4, 0.5) is 0 Å². The van der Waals surface area contributed by atoms with Crippen LogP contribution in [0.15, 0.2) is 24.3 Å². The van der Waals surface area contributed by atoms with E-state index in [2.05, 4.69) is 31.3 Å². The molecule has 0 radical (unpaired) electrons. The van der Waals surface area contributed by atoms with Crippen LogP contribution in [0.3, 0.4) is 0 Å². The lowest BCUT2D eigenvalue weighted by atomic mass is 10.0. The lowest BCUT2D eigenvalue weighted by molar-refractivity contribution is -0.122. The Morgan fingerprint density at radius 3 is 1.31 bits per heavy atom. The molecule has 0 aliphatic rings. The molecule has 2 atom stereocenters. The Labute approximate surface area is 298 Å². The molecule has 0 fully saturated rings. The molecule has 0 aromatic rings. The fraction of sp³-hybridized carbons (Fsp3) is 0.878. The predicted octanol–water partition coefficient (Wildman–Crippen LogP) is 12.0. The fourth-order valence-electron chi connectivity index (χ4n) is 6.29. The van der Waals surface area contributed by atoms with Gasteiger partial charge in [-0.3, -0.25) is 9.35 Å². The van der Waals surface area contributed by atoms with Gasteiger partial charge >= 0.3 is 0 Å². The molecule has 284 valence electrons. The van der Waals surface area contributed by atoms with Crippen molar-refractivity contribution >= 4 is 16.0 Å². The molecule has 2 unspecified atom stereocenters. The van der Waals surface area contributed by atoms with Crippen LogP contribution in [0.5, 0.6) is 0 Å². The third-order valence-electron chi connectivity index (χ3n) is 9.38. The fourth-order valence-corrected chi connectivity index (χ4v) is 7.02. The van der Waals surface area contributed by atoms with Crippen LogP contribution >= 0.6 is 0 Å². The van der Waals surface area contributed by atoms with Gasteiger partial charge in [-0.1, -0.05) is 199 Å². The summed E-state index contributed by atoms with van der Waals surface area (Å²) in [4.78, 5) is 12.5. The zero-order chi connectivity index (χ0) is 35.4. The molecule has 0 heterocycles. The molecule has 0 aliphatic heterocycles. The first-order valence-electron chi connectivity index (χ1n) is 20.5. The molecule has 6 nitrogen and oxygen atoms in total. The summed E-state index contributed by atoms with van der Waals surface area (Å²) in [6.07, 6.45) is 44.6. The van der Waals surface area contributed by atoms with Gasteiger partial charge in [0.25, 0.3) is 10.1 Å². The molecule has 0 spiro atoms. The molecule has 3 N–H and O–H groups in total. The molecule has 0 aromatic carbocycles. The van der Waals surface area contributed by atoms with E-state index in [1.54, 1.807) is 0 Å². The first-order chi connectivity index (χ1) is 23.3. The van der Waals surface area contributed by atoms with E-state index in [-0.39, 0.29) is 5.91 Å². The van der Waals surface area contributed by atoms with Crippen molar-refractivity contribution in [2.24, 2.45) is 0 Å². The number of carbonyl (C=O) groups excluding carboxylic acids is 1. The Morgan fingerprint density at radius 1 is 0.542 bits per heavy atom. The molecule has 0 saturated carbocycles. The summed E-state index contributed by atoms with van der Waals surface area (Å²) in [5.41, 5.74) is 0. The van der Waals surface area contributed by atoms with Crippen LogP contribution in [0.1, 0.15) is 213 Å². The monoisotopic (exact) mass is 698 g/mol. The van der Waals surface area contributed by atoms with E-state index < -0.39 is 28.0 Å². The van der Waals surface area contributed by atoms with Gasteiger partial charge in [-0.2, -0.15) is 8.42 Å². The molecule has 0 bridgehead atoms. The second-order valence-corrected chi connectivity index (χ2v) is 15.8. The smallest absolute Gasteiger partial charge is 0.267 e. The van der Waals surface area contributed by atoms with E-state index in [0.717, 1.165) is 38.5 Å². The lowest BCUT2D eigenvalue weighted by Gasteiger charge is -2.21. The predicted molar refractivity (Wildman–Crippen MR) is 207 cm³/mol. The van der Waals surface area contributed by atoms with Crippen molar-refractivity contribution < 1.29 is 22.9 Å². The molecule has 0 saturated heterocycles. The first kappa shape index (κ1) is 46.8. The Morgan fingerprint density at radius 2 is 0.896 bits per heavy atom. The van der Waals surface area contributed by atoms with Gasteiger partial charge in [0.05, 0.1) is 17.9 Å². The second-order valence-electron chi connectivity index (χ2n) is 14.3. The highest BCUT2D eigenvalue weighted by Gasteiger charge is 2.24. The van der Waals surface area contributed by atoms with Crippen molar-refractivity contribution in [3.8, 4) is 0 Å². The third-order valence-corrected chi connectivity index (χ3v) is 10.2. The number of aliphatic hydroxyl groups excluding tert-OH is 1. The summed E-state index contributed by atoms with van der Waals surface area (Å²) in [5, 5.41) is 13.2. The van der Waals surface area contributed by atoms with Crippen LogP contribution < -0.4 is 5.32 Å². The summed E-state index contributed by atoms with van der Waals surface area (Å²) in [7, 11) is -4.35. The van der Waals surface area contributed by atoms with Gasteiger partial charge in [-0.25, -0.2) is 0 Å². The van der Waals surface area contributed by atoms with Crippen LogP contribution in [0, 0.1) is 0 Å². The number of hydrogen-bond donors (Lipinski definition) is 3. The standard InChI is InChI=1S/C41H79NO5S/c1-3-5-7-9-11-13-15-17-18-19-20-21-22-23-24-25-27-29-31-33-35-37-41(44)42-39(38-48(45,46)47)40(43)36-34-32-30-28-26-16-14-12-10-8-6-4-2/h26,28,34,36,39-40,43H,3-25,27,29-33,35,37-38H2,1-2H3,(H,42,44)(H,45,46,47)/b28-26+,36-34+. The number of amides is 1. The molecular formula is C41H79NO5S. The molecule has 0 aliphatic carbocycles. The zero-order valence-electron chi connectivity index (χ0n) is 31.6. The van der Waals surface area contributed by atoms with Crippen molar-refractivity contribution in [3.63, 3.8) is 0 Å². The SMILES string of the molecule is CCCCCCCC/C=C/CC/C=C/C(O)C(CS(=O)(=O)O)NC(=O)CCCCCCCCCCCCCCCCCCCCCCC. The zero-order valence-corrected chi connectivity index (χ0v) is 32.4. The number of unbranched alkanes of at least 4 members (excludes halogenated alkanes) is 27. The summed E-state index contributed by atoms with van der Waals surface area (Å²) in [6.45, 7) is 4.51. The number of carbonyl (C=O) groups is 1. The van der Waals surface area contributed by atoms with E-state index >= 15 is 0 Å². The summed E-state index contributed by atoms with van der Waals surface area (Å²) < 4.78 is 32.4. The highest BCUT2D eigenvalue weighted by atomic mass is 32.2. The van der Waals surface area contributed by atoms with Crippen molar-refractivity contribution in [2.45, 2.75) is 225 Å². The number of rotatable bonds is 37. The van der Waals surface area contributed by atoms with Crippen LogP contribution in [-0.4, -0.2) is 41.9 Å². The Hall–Kier alpha value is -1.18. The molecular weight excluding hydrogens is 619 g/mol. The van der Waals surface area contributed by atoms with E-state index in [0.29, 0.717) is 6.42 Å². The Kier molecular flexibility index (Phi) is 34.8. The maximum Gasteiger partial charge on any atom is 0.267 e. The van der Waals surface area contributed by atoms with Gasteiger partial charge in [-0.15, -0.1) is 0 Å². The largest absolute Gasteiger partial charge is 0.387 e. The van der Waals surface area contributed by atoms with E-state index in [1.165, 1.54) is 160 Å². The maximum atomic E-state index is 12.5. The second kappa shape index (κ2) is 35.6. The number of aliphatic hydroxyl groups is 1. The summed E-state index contributed by atoms with van der Waals surface area (Å²) in [6, 6.07) is -1.07. The van der Waals surface area contributed by atoms with Crippen molar-refractivity contribution in [2.75, 3.05) is 5.75 Å². The van der Waals surface area contributed by atoms with E-state index in [9.17, 15) is 22.9 Å². The maximum absolute atomic E-state index is 12.5. The average molecular weight is 698 g/mol. The molecule has 1 amide bonds. The van der Waals surface area contributed by atoms with Crippen molar-refractivity contribution in [1.82, 2.24) is 5.32 Å². The summed E-state index contributed by atoms with van der Waals surface area (Å²) >= 11 is 0. The number of allylic oxidation sites excluding steroid dienone is 3. The van der Waals surface area contributed by atoms with Crippen LogP contribution in [-0.2, 0) is 14.9 Å². The molecule has 7 heteroatoms. The van der Waals surface area contributed by atoms with Gasteiger partial charge in [0.2, 0.25) is 5.91 Å². The van der Waals surface area contributed by atoms with Gasteiger partial charge in [0, 0.05) is 6.42 Å². The minimum atomic E-state index is -4.35. The minimum Gasteiger partial charge on any atom is -0.387 e. The third kappa shape index (κ3) is 36.1. The number of hydrogen-bond acceptors (Lipinski definition) is 4. The van der Waals surface area contributed by atoms with E-state index in [4.69, 9.17) is 0 Å². The first-order valence-corrected chi connectivity index (χ1v) is 22.1. The molecule has 48 heavy (non-hydrogen) atoms. The van der Waals surface area contributed by atoms with Crippen LogP contribution in [0.2, 0.25) is 0 Å². The highest BCUT2D eigenvalue weighted by molar-refractivity contribution is 7.85. The van der Waals surface area contributed by atoms with Gasteiger partial charge in [0.15, 0.2) is 0 Å². The Bertz CT molecular complexity index is 857. The van der Waals surface area contributed by atoms with E-state index in [1.807, 2.05) is 6.08 Å². The highest BCUT2D eigenvalue weighted by Crippen LogP contribution is 2.15.